The summed E-state index contributed by atoms with van der Waals surface area (Å²) in [6.07, 6.45) is 3.82. The third kappa shape index (κ3) is 2.43. The summed E-state index contributed by atoms with van der Waals surface area (Å²) in [6, 6.07) is 1.87. The first-order valence-corrected chi connectivity index (χ1v) is 6.05. The van der Waals surface area contributed by atoms with Gasteiger partial charge in [-0.1, -0.05) is 13.3 Å². The number of hydrogen-bond acceptors (Lipinski definition) is 4. The van der Waals surface area contributed by atoms with Gasteiger partial charge in [0.2, 0.25) is 0 Å². The van der Waals surface area contributed by atoms with Gasteiger partial charge in [0.05, 0.1) is 0 Å². The Morgan fingerprint density at radius 2 is 2.06 bits per heavy atom. The Labute approximate surface area is 96.9 Å². The van der Waals surface area contributed by atoms with Crippen molar-refractivity contribution < 1.29 is 0 Å². The quantitative estimate of drug-likeness (QED) is 0.828. The van der Waals surface area contributed by atoms with E-state index in [4.69, 9.17) is 5.73 Å². The molecule has 1 aromatic rings. The van der Waals surface area contributed by atoms with Crippen LogP contribution in [0.1, 0.15) is 32.0 Å². The maximum Gasteiger partial charge on any atom is 0.134 e. The second kappa shape index (κ2) is 4.68. The zero-order chi connectivity index (χ0) is 11.5. The van der Waals surface area contributed by atoms with Gasteiger partial charge in [-0.15, -0.1) is 0 Å². The smallest absolute Gasteiger partial charge is 0.134 e. The van der Waals surface area contributed by atoms with Crippen LogP contribution in [0.2, 0.25) is 0 Å². The van der Waals surface area contributed by atoms with Gasteiger partial charge < -0.3 is 10.6 Å². The summed E-state index contributed by atoms with van der Waals surface area (Å²) in [5.74, 6) is 3.20. The number of aromatic nitrogens is 2. The summed E-state index contributed by atoms with van der Waals surface area (Å²) in [5, 5.41) is 0. The van der Waals surface area contributed by atoms with Crippen LogP contribution in [-0.2, 0) is 0 Å². The van der Waals surface area contributed by atoms with Gasteiger partial charge in [0.1, 0.15) is 17.5 Å². The molecule has 1 saturated heterocycles. The second-order valence-electron chi connectivity index (χ2n) is 4.54. The van der Waals surface area contributed by atoms with Crippen LogP contribution in [0.3, 0.4) is 0 Å². The average molecular weight is 220 g/mol. The maximum atomic E-state index is 5.74. The summed E-state index contributed by atoms with van der Waals surface area (Å²) < 4.78 is 0. The highest BCUT2D eigenvalue weighted by Gasteiger charge is 2.19. The minimum Gasteiger partial charge on any atom is -0.384 e. The van der Waals surface area contributed by atoms with E-state index < -0.39 is 0 Å². The van der Waals surface area contributed by atoms with Crippen molar-refractivity contribution in [2.24, 2.45) is 5.92 Å². The fourth-order valence-electron chi connectivity index (χ4n) is 2.31. The van der Waals surface area contributed by atoms with Crippen molar-refractivity contribution in [3.8, 4) is 0 Å². The second-order valence-corrected chi connectivity index (χ2v) is 4.54. The fourth-order valence-corrected chi connectivity index (χ4v) is 2.31. The fraction of sp³-hybridized carbons (Fsp3) is 0.667. The first kappa shape index (κ1) is 11.2. The normalized spacial score (nSPS) is 17.8. The molecular weight excluding hydrogens is 200 g/mol. The SMILES string of the molecule is CCC1CCN(c2cc(N)nc(C)n2)CC1. The molecule has 1 aliphatic rings. The Bertz CT molecular complexity index is 336. The Hall–Kier alpha value is -1.32. The van der Waals surface area contributed by atoms with Crippen LogP contribution in [0.4, 0.5) is 11.6 Å². The molecule has 2 rings (SSSR count). The molecule has 16 heavy (non-hydrogen) atoms. The predicted octanol–water partition coefficient (Wildman–Crippen LogP) is 1.99. The first-order valence-electron chi connectivity index (χ1n) is 6.05. The number of nitrogens with two attached hydrogens (primary N) is 1. The monoisotopic (exact) mass is 220 g/mol. The summed E-state index contributed by atoms with van der Waals surface area (Å²) in [6.45, 7) is 6.34. The van der Waals surface area contributed by atoms with Crippen LogP contribution in [0.15, 0.2) is 6.07 Å². The molecule has 0 unspecified atom stereocenters. The van der Waals surface area contributed by atoms with E-state index in [0.717, 1.165) is 30.6 Å². The zero-order valence-electron chi connectivity index (χ0n) is 10.1. The lowest BCUT2D eigenvalue weighted by atomic mass is 9.94. The molecule has 0 atom stereocenters. The van der Waals surface area contributed by atoms with E-state index in [9.17, 15) is 0 Å². The molecule has 0 saturated carbocycles. The highest BCUT2D eigenvalue weighted by atomic mass is 15.2. The number of aryl methyl sites for hydroxylation is 1. The maximum absolute atomic E-state index is 5.74. The number of anilines is 2. The van der Waals surface area contributed by atoms with Crippen molar-refractivity contribution in [1.29, 1.82) is 0 Å². The minimum absolute atomic E-state index is 0.570. The molecule has 2 N–H and O–H groups in total. The predicted molar refractivity (Wildman–Crippen MR) is 66.4 cm³/mol. The molecule has 1 fully saturated rings. The lowest BCUT2D eigenvalue weighted by molar-refractivity contribution is 0.393. The molecular formula is C12H20N4. The van der Waals surface area contributed by atoms with Crippen molar-refractivity contribution >= 4 is 11.6 Å². The summed E-state index contributed by atoms with van der Waals surface area (Å²) in [5.41, 5.74) is 5.74. The molecule has 0 aromatic carbocycles. The van der Waals surface area contributed by atoms with Gasteiger partial charge in [-0.2, -0.15) is 0 Å². The van der Waals surface area contributed by atoms with Crippen LogP contribution in [0, 0.1) is 12.8 Å². The molecule has 0 aliphatic carbocycles. The van der Waals surface area contributed by atoms with Crippen LogP contribution >= 0.6 is 0 Å². The molecule has 0 radical (unpaired) electrons. The van der Waals surface area contributed by atoms with Crippen molar-refractivity contribution in [3.05, 3.63) is 11.9 Å². The number of rotatable bonds is 2. The van der Waals surface area contributed by atoms with Gasteiger partial charge in [-0.25, -0.2) is 9.97 Å². The number of piperidine rings is 1. The standard InChI is InChI=1S/C12H20N4/c1-3-10-4-6-16(7-5-10)12-8-11(13)14-9(2)15-12/h8,10H,3-7H2,1-2H3,(H2,13,14,15). The van der Waals surface area contributed by atoms with E-state index in [1.54, 1.807) is 0 Å². The summed E-state index contributed by atoms with van der Waals surface area (Å²) in [4.78, 5) is 10.9. The summed E-state index contributed by atoms with van der Waals surface area (Å²) >= 11 is 0. The minimum atomic E-state index is 0.570. The van der Waals surface area contributed by atoms with E-state index in [0.29, 0.717) is 5.82 Å². The van der Waals surface area contributed by atoms with Crippen LogP contribution < -0.4 is 10.6 Å². The molecule has 0 spiro atoms. The molecule has 1 aromatic heterocycles. The molecule has 4 heteroatoms. The third-order valence-corrected chi connectivity index (χ3v) is 3.36. The van der Waals surface area contributed by atoms with E-state index in [2.05, 4.69) is 21.8 Å². The van der Waals surface area contributed by atoms with Crippen LogP contribution in [-0.4, -0.2) is 23.1 Å². The third-order valence-electron chi connectivity index (χ3n) is 3.36. The lowest BCUT2D eigenvalue weighted by Crippen LogP contribution is -2.34. The Balaban J connectivity index is 2.08. The van der Waals surface area contributed by atoms with Gasteiger partial charge in [0.15, 0.2) is 0 Å². The molecule has 88 valence electrons. The van der Waals surface area contributed by atoms with Gasteiger partial charge in [0, 0.05) is 19.2 Å². The van der Waals surface area contributed by atoms with Crippen LogP contribution in [0.5, 0.6) is 0 Å². The molecule has 0 amide bonds. The van der Waals surface area contributed by atoms with Crippen LogP contribution in [0.25, 0.3) is 0 Å². The highest BCUT2D eigenvalue weighted by Crippen LogP contribution is 2.24. The average Bonchev–Trinajstić information content (AvgIpc) is 2.28. The Morgan fingerprint density at radius 3 is 2.62 bits per heavy atom. The molecule has 0 bridgehead atoms. The van der Waals surface area contributed by atoms with E-state index in [-0.39, 0.29) is 0 Å². The first-order chi connectivity index (χ1) is 7.69. The van der Waals surface area contributed by atoms with E-state index in [1.165, 1.54) is 19.3 Å². The number of nitrogen functional groups attached to an aromatic ring is 1. The highest BCUT2D eigenvalue weighted by molar-refractivity contribution is 5.47. The molecule has 1 aliphatic heterocycles. The van der Waals surface area contributed by atoms with E-state index in [1.807, 2.05) is 13.0 Å². The van der Waals surface area contributed by atoms with Crippen molar-refractivity contribution in [3.63, 3.8) is 0 Å². The molecule has 2 heterocycles. The van der Waals surface area contributed by atoms with Gasteiger partial charge in [-0.3, -0.25) is 0 Å². The van der Waals surface area contributed by atoms with Gasteiger partial charge in [-0.05, 0) is 25.7 Å². The Morgan fingerprint density at radius 1 is 1.38 bits per heavy atom. The van der Waals surface area contributed by atoms with Crippen molar-refractivity contribution in [2.45, 2.75) is 33.1 Å². The lowest BCUT2D eigenvalue weighted by Gasteiger charge is -2.32. The van der Waals surface area contributed by atoms with Gasteiger partial charge in [0.25, 0.3) is 0 Å². The number of nitrogens with zero attached hydrogens (tertiary/aromatic N) is 3. The number of hydrogen-bond donors (Lipinski definition) is 1. The summed E-state index contributed by atoms with van der Waals surface area (Å²) in [7, 11) is 0. The van der Waals surface area contributed by atoms with Crippen molar-refractivity contribution in [1.82, 2.24) is 9.97 Å². The molecule has 4 nitrogen and oxygen atoms in total. The van der Waals surface area contributed by atoms with Gasteiger partial charge >= 0.3 is 0 Å². The van der Waals surface area contributed by atoms with E-state index >= 15 is 0 Å². The van der Waals surface area contributed by atoms with Crippen molar-refractivity contribution in [2.75, 3.05) is 23.7 Å². The largest absolute Gasteiger partial charge is 0.384 e. The zero-order valence-corrected chi connectivity index (χ0v) is 10.1. The Kier molecular flexibility index (Phi) is 3.27. The topological polar surface area (TPSA) is 55.0 Å².